The van der Waals surface area contributed by atoms with E-state index in [4.69, 9.17) is 0 Å². The zero-order chi connectivity index (χ0) is 19.5. The quantitative estimate of drug-likeness (QED) is 0.438. The van der Waals surface area contributed by atoms with E-state index < -0.39 is 47.0 Å². The van der Waals surface area contributed by atoms with Crippen molar-refractivity contribution in [3.05, 3.63) is 36.4 Å². The highest BCUT2D eigenvalue weighted by molar-refractivity contribution is 7.86. The maximum atomic E-state index is 11.9. The topological polar surface area (TPSA) is 168 Å². The molecule has 134 valence electrons. The molecule has 0 aliphatic heterocycles. The highest BCUT2D eigenvalue weighted by Crippen LogP contribution is 2.42. The molecule has 0 aliphatic rings. The van der Waals surface area contributed by atoms with E-state index in [1.165, 1.54) is 12.1 Å². The maximum Gasteiger partial charge on any atom is 0.297 e. The first-order chi connectivity index (χ1) is 12.1. The Kier molecular flexibility index (Phi) is 5.28. The minimum Gasteiger partial charge on any atom is -0.282 e. The predicted octanol–water partition coefficient (Wildman–Crippen LogP) is 1.78. The van der Waals surface area contributed by atoms with E-state index in [9.17, 15) is 35.5 Å². The molecular weight excluding hydrogens is 388 g/mol. The van der Waals surface area contributed by atoms with Gasteiger partial charge in [0.05, 0.1) is 0 Å². The molecule has 2 aromatic carbocycles. The molecule has 0 aromatic heterocycles. The minimum atomic E-state index is -5.08. The maximum absolute atomic E-state index is 11.9. The Bertz CT molecular complexity index is 1190. The van der Waals surface area contributed by atoms with Gasteiger partial charge in [0, 0.05) is 11.1 Å². The van der Waals surface area contributed by atoms with E-state index in [0.717, 1.165) is 36.4 Å². The lowest BCUT2D eigenvalue weighted by molar-refractivity contribution is 0.480. The van der Waals surface area contributed by atoms with Crippen LogP contribution in [0.2, 0.25) is 0 Å². The summed E-state index contributed by atoms with van der Waals surface area (Å²) in [6.07, 6.45) is 2.19. The van der Waals surface area contributed by atoms with Gasteiger partial charge in [0.1, 0.15) is 21.2 Å². The molecular formula is C14H8N2O8S2. The van der Waals surface area contributed by atoms with Crippen molar-refractivity contribution in [2.24, 2.45) is 9.98 Å². The normalized spacial score (nSPS) is 11.3. The van der Waals surface area contributed by atoms with Gasteiger partial charge in [-0.05, 0) is 12.1 Å². The molecule has 0 spiro atoms. The Hall–Kier alpha value is -2.98. The van der Waals surface area contributed by atoms with E-state index in [1.54, 1.807) is 0 Å². The lowest BCUT2D eigenvalue weighted by atomic mass is 10.0. The van der Waals surface area contributed by atoms with Gasteiger partial charge in [0.15, 0.2) is 0 Å². The van der Waals surface area contributed by atoms with Crippen LogP contribution in [0.1, 0.15) is 0 Å². The van der Waals surface area contributed by atoms with E-state index in [-0.39, 0.29) is 5.56 Å². The molecule has 2 rings (SSSR count). The largest absolute Gasteiger partial charge is 0.297 e. The van der Waals surface area contributed by atoms with Crippen LogP contribution in [0.3, 0.4) is 0 Å². The standard InChI is InChI=1S/C14H8N2O8S2/c17-7-15-11-6-5-10(14(26(22,23)24)13(11)16-8-18)9-3-1-2-4-12(9)25(19,20)21/h1-6H,(H,19,20,21)(H,22,23,24). The summed E-state index contributed by atoms with van der Waals surface area (Å²) in [4.78, 5) is 25.8. The first kappa shape index (κ1) is 19.3. The Morgan fingerprint density at radius 2 is 1.38 bits per heavy atom. The number of rotatable bonds is 5. The van der Waals surface area contributed by atoms with Crippen LogP contribution in [0.15, 0.2) is 56.2 Å². The number of hydrogen-bond donors (Lipinski definition) is 2. The molecule has 0 saturated carbocycles. The molecule has 0 unspecified atom stereocenters. The molecule has 0 atom stereocenters. The van der Waals surface area contributed by atoms with E-state index >= 15 is 0 Å². The van der Waals surface area contributed by atoms with Crippen molar-refractivity contribution < 1.29 is 35.5 Å². The molecule has 10 nitrogen and oxygen atoms in total. The van der Waals surface area contributed by atoms with E-state index in [0.29, 0.717) is 0 Å². The third kappa shape index (κ3) is 3.81. The number of aliphatic imine (C=N–C) groups is 2. The van der Waals surface area contributed by atoms with Crippen molar-refractivity contribution >= 4 is 43.8 Å². The van der Waals surface area contributed by atoms with Gasteiger partial charge in [-0.1, -0.05) is 24.3 Å². The molecule has 0 saturated heterocycles. The van der Waals surface area contributed by atoms with Crippen LogP contribution in [0, 0.1) is 0 Å². The fourth-order valence-electron chi connectivity index (χ4n) is 2.24. The minimum absolute atomic E-state index is 0.299. The Labute approximate surface area is 147 Å². The summed E-state index contributed by atoms with van der Waals surface area (Å²) < 4.78 is 65.7. The predicted molar refractivity (Wildman–Crippen MR) is 87.1 cm³/mol. The fourth-order valence-corrected chi connectivity index (χ4v) is 3.80. The number of carbonyl (C=O) groups excluding carboxylic acids is 2. The molecule has 0 heterocycles. The summed E-state index contributed by atoms with van der Waals surface area (Å²) in [7, 11) is -9.84. The number of isocyanates is 2. The van der Waals surface area contributed by atoms with Crippen LogP contribution in [0.25, 0.3) is 11.1 Å². The summed E-state index contributed by atoms with van der Waals surface area (Å²) >= 11 is 0. The second-order valence-corrected chi connectivity index (χ2v) is 7.41. The second kappa shape index (κ2) is 7.10. The molecule has 0 fully saturated rings. The van der Waals surface area contributed by atoms with Crippen molar-refractivity contribution in [3.63, 3.8) is 0 Å². The molecule has 0 aliphatic carbocycles. The molecule has 2 N–H and O–H groups in total. The second-order valence-electron chi connectivity index (χ2n) is 4.66. The van der Waals surface area contributed by atoms with Crippen LogP contribution in [-0.2, 0) is 29.8 Å². The fraction of sp³-hybridized carbons (Fsp3) is 0. The number of hydrogen-bond acceptors (Lipinski definition) is 8. The van der Waals surface area contributed by atoms with Gasteiger partial charge >= 0.3 is 0 Å². The zero-order valence-corrected chi connectivity index (χ0v) is 14.2. The van der Waals surface area contributed by atoms with Crippen molar-refractivity contribution in [2.45, 2.75) is 9.79 Å². The van der Waals surface area contributed by atoms with E-state index in [1.807, 2.05) is 0 Å². The molecule has 26 heavy (non-hydrogen) atoms. The highest BCUT2D eigenvalue weighted by Gasteiger charge is 2.27. The van der Waals surface area contributed by atoms with Gasteiger partial charge in [0.25, 0.3) is 20.2 Å². The van der Waals surface area contributed by atoms with Crippen LogP contribution < -0.4 is 0 Å². The third-order valence-corrected chi connectivity index (χ3v) is 4.99. The van der Waals surface area contributed by atoms with Crippen LogP contribution in [-0.4, -0.2) is 38.1 Å². The van der Waals surface area contributed by atoms with Crippen LogP contribution >= 0.6 is 0 Å². The van der Waals surface area contributed by atoms with Gasteiger partial charge in [-0.25, -0.2) is 9.59 Å². The van der Waals surface area contributed by atoms with Gasteiger partial charge < -0.3 is 0 Å². The summed E-state index contributed by atoms with van der Waals surface area (Å²) in [5.41, 5.74) is -1.87. The lowest BCUT2D eigenvalue weighted by Gasteiger charge is -2.13. The molecule has 12 heteroatoms. The van der Waals surface area contributed by atoms with Gasteiger partial charge in [0.2, 0.25) is 12.2 Å². The summed E-state index contributed by atoms with van der Waals surface area (Å²) in [6.45, 7) is 0. The van der Waals surface area contributed by atoms with Crippen molar-refractivity contribution in [1.82, 2.24) is 0 Å². The molecule has 2 aromatic rings. The first-order valence-electron chi connectivity index (χ1n) is 6.48. The number of benzene rings is 2. The average Bonchev–Trinajstić information content (AvgIpc) is 2.54. The average molecular weight is 396 g/mol. The summed E-state index contributed by atoms with van der Waals surface area (Å²) in [5, 5.41) is 0. The molecule has 0 bridgehead atoms. The van der Waals surface area contributed by atoms with E-state index in [2.05, 4.69) is 9.98 Å². The zero-order valence-electron chi connectivity index (χ0n) is 12.5. The van der Waals surface area contributed by atoms with Crippen LogP contribution in [0.4, 0.5) is 11.4 Å². The molecule has 0 radical (unpaired) electrons. The van der Waals surface area contributed by atoms with Crippen molar-refractivity contribution in [3.8, 4) is 11.1 Å². The number of nitrogens with zero attached hydrogens (tertiary/aromatic N) is 2. The third-order valence-electron chi connectivity index (χ3n) is 3.15. The Morgan fingerprint density at radius 3 is 1.92 bits per heavy atom. The lowest BCUT2D eigenvalue weighted by Crippen LogP contribution is -2.05. The smallest absolute Gasteiger partial charge is 0.282 e. The summed E-state index contributed by atoms with van der Waals surface area (Å²) in [6, 6.07) is 6.84. The van der Waals surface area contributed by atoms with Crippen molar-refractivity contribution in [1.29, 1.82) is 0 Å². The molecule has 0 amide bonds. The summed E-state index contributed by atoms with van der Waals surface area (Å²) in [5.74, 6) is 0. The van der Waals surface area contributed by atoms with Gasteiger partial charge in [-0.15, -0.1) is 0 Å². The van der Waals surface area contributed by atoms with Gasteiger partial charge in [-0.2, -0.15) is 26.8 Å². The van der Waals surface area contributed by atoms with Gasteiger partial charge in [-0.3, -0.25) is 9.11 Å². The van der Waals surface area contributed by atoms with Crippen LogP contribution in [0.5, 0.6) is 0 Å². The Morgan fingerprint density at radius 1 is 0.769 bits per heavy atom. The first-order valence-corrected chi connectivity index (χ1v) is 9.36. The van der Waals surface area contributed by atoms with Crippen molar-refractivity contribution in [2.75, 3.05) is 0 Å². The Balaban J connectivity index is 3.09. The monoisotopic (exact) mass is 396 g/mol. The highest BCUT2D eigenvalue weighted by atomic mass is 32.2. The SMILES string of the molecule is O=C=Nc1ccc(-c2ccccc2S(=O)(=O)O)c(S(=O)(=O)O)c1N=C=O.